The summed E-state index contributed by atoms with van der Waals surface area (Å²) in [6, 6.07) is 0. The average molecular weight is 262 g/mol. The van der Waals surface area contributed by atoms with Gasteiger partial charge in [-0.05, 0) is 13.3 Å². The van der Waals surface area contributed by atoms with Crippen LogP contribution in [-0.4, -0.2) is 16.5 Å². The van der Waals surface area contributed by atoms with Gasteiger partial charge < -0.3 is 5.32 Å². The standard InChI is InChI=1S/C11H17Cl2N3/c1-3-4-5-6-14-11-9(13)10(8(2)12)15-7-16-11/h7-8H,3-6H2,1-2H3,(H,14,15,16). The predicted octanol–water partition coefficient (Wildman–Crippen LogP) is 4.03. The first kappa shape index (κ1) is 13.5. The molecule has 90 valence electrons. The van der Waals surface area contributed by atoms with E-state index >= 15 is 0 Å². The third-order valence-electron chi connectivity index (χ3n) is 2.27. The molecule has 3 nitrogen and oxygen atoms in total. The molecule has 0 saturated heterocycles. The molecular formula is C11H17Cl2N3. The Morgan fingerprint density at radius 3 is 2.75 bits per heavy atom. The Morgan fingerprint density at radius 1 is 1.38 bits per heavy atom. The fraction of sp³-hybridized carbons (Fsp3) is 0.636. The maximum absolute atomic E-state index is 6.14. The van der Waals surface area contributed by atoms with Crippen LogP contribution in [-0.2, 0) is 0 Å². The number of halogens is 2. The Hall–Kier alpha value is -0.540. The van der Waals surface area contributed by atoms with E-state index in [0.29, 0.717) is 16.5 Å². The molecule has 0 aliphatic heterocycles. The second-order valence-electron chi connectivity index (χ2n) is 3.67. The van der Waals surface area contributed by atoms with Gasteiger partial charge in [0.15, 0.2) is 0 Å². The number of unbranched alkanes of at least 4 members (excludes halogenated alkanes) is 2. The quantitative estimate of drug-likeness (QED) is 0.621. The third-order valence-corrected chi connectivity index (χ3v) is 2.85. The Bertz CT molecular complexity index is 329. The number of aromatic nitrogens is 2. The molecule has 1 N–H and O–H groups in total. The van der Waals surface area contributed by atoms with E-state index in [9.17, 15) is 0 Å². The maximum atomic E-state index is 6.14. The number of anilines is 1. The highest BCUT2D eigenvalue weighted by atomic mass is 35.5. The van der Waals surface area contributed by atoms with Crippen molar-refractivity contribution in [3.8, 4) is 0 Å². The third kappa shape index (κ3) is 3.80. The lowest BCUT2D eigenvalue weighted by Crippen LogP contribution is -2.06. The van der Waals surface area contributed by atoms with Gasteiger partial charge in [0.2, 0.25) is 0 Å². The van der Waals surface area contributed by atoms with Crippen LogP contribution in [0.4, 0.5) is 5.82 Å². The van der Waals surface area contributed by atoms with Crippen LogP contribution in [0.25, 0.3) is 0 Å². The summed E-state index contributed by atoms with van der Waals surface area (Å²) in [5, 5.41) is 3.53. The van der Waals surface area contributed by atoms with Gasteiger partial charge in [-0.3, -0.25) is 0 Å². The zero-order chi connectivity index (χ0) is 12.0. The number of rotatable bonds is 6. The highest BCUT2D eigenvalue weighted by molar-refractivity contribution is 6.34. The molecule has 0 radical (unpaired) electrons. The summed E-state index contributed by atoms with van der Waals surface area (Å²) in [7, 11) is 0. The summed E-state index contributed by atoms with van der Waals surface area (Å²) in [6.45, 7) is 4.89. The second-order valence-corrected chi connectivity index (χ2v) is 4.70. The van der Waals surface area contributed by atoms with Crippen molar-refractivity contribution < 1.29 is 0 Å². The predicted molar refractivity (Wildman–Crippen MR) is 69.3 cm³/mol. The molecule has 0 amide bonds. The second kappa shape index (κ2) is 6.92. The molecule has 0 saturated carbocycles. The molecule has 0 fully saturated rings. The zero-order valence-electron chi connectivity index (χ0n) is 9.63. The van der Waals surface area contributed by atoms with E-state index in [1.807, 2.05) is 6.92 Å². The highest BCUT2D eigenvalue weighted by Gasteiger charge is 2.12. The van der Waals surface area contributed by atoms with Gasteiger partial charge >= 0.3 is 0 Å². The molecule has 0 aliphatic carbocycles. The Balaban J connectivity index is 2.62. The molecule has 1 heterocycles. The fourth-order valence-electron chi connectivity index (χ4n) is 1.37. The fourth-order valence-corrected chi connectivity index (χ4v) is 1.92. The van der Waals surface area contributed by atoms with E-state index in [0.717, 1.165) is 13.0 Å². The van der Waals surface area contributed by atoms with Crippen molar-refractivity contribution in [2.75, 3.05) is 11.9 Å². The monoisotopic (exact) mass is 261 g/mol. The van der Waals surface area contributed by atoms with Crippen LogP contribution in [0.1, 0.15) is 44.2 Å². The van der Waals surface area contributed by atoms with Gasteiger partial charge in [0.1, 0.15) is 17.2 Å². The SMILES string of the molecule is CCCCCNc1ncnc(C(C)Cl)c1Cl. The van der Waals surface area contributed by atoms with Gasteiger partial charge in [0, 0.05) is 6.54 Å². The average Bonchev–Trinajstić information content (AvgIpc) is 2.26. The molecule has 1 unspecified atom stereocenters. The van der Waals surface area contributed by atoms with Crippen molar-refractivity contribution in [3.05, 3.63) is 17.0 Å². The van der Waals surface area contributed by atoms with Gasteiger partial charge in [-0.25, -0.2) is 9.97 Å². The molecule has 0 aromatic carbocycles. The van der Waals surface area contributed by atoms with E-state index in [4.69, 9.17) is 23.2 Å². The first-order chi connectivity index (χ1) is 7.66. The zero-order valence-corrected chi connectivity index (χ0v) is 11.1. The molecule has 1 rings (SSSR count). The Labute approximate surface area is 107 Å². The van der Waals surface area contributed by atoms with Crippen LogP contribution in [0.2, 0.25) is 5.02 Å². The number of alkyl halides is 1. The van der Waals surface area contributed by atoms with Crippen LogP contribution in [0, 0.1) is 0 Å². The van der Waals surface area contributed by atoms with Crippen LogP contribution < -0.4 is 5.32 Å². The first-order valence-corrected chi connectivity index (χ1v) is 6.36. The van der Waals surface area contributed by atoms with Crippen molar-refractivity contribution in [3.63, 3.8) is 0 Å². The number of hydrogen-bond donors (Lipinski definition) is 1. The van der Waals surface area contributed by atoms with Crippen molar-refractivity contribution >= 4 is 29.0 Å². The Morgan fingerprint density at radius 2 is 2.12 bits per heavy atom. The van der Waals surface area contributed by atoms with Gasteiger partial charge in [-0.1, -0.05) is 31.4 Å². The van der Waals surface area contributed by atoms with Crippen LogP contribution >= 0.6 is 23.2 Å². The van der Waals surface area contributed by atoms with Gasteiger partial charge in [-0.2, -0.15) is 0 Å². The molecular weight excluding hydrogens is 245 g/mol. The van der Waals surface area contributed by atoms with Crippen molar-refractivity contribution in [2.45, 2.75) is 38.5 Å². The lowest BCUT2D eigenvalue weighted by Gasteiger charge is -2.10. The molecule has 1 atom stereocenters. The minimum Gasteiger partial charge on any atom is -0.369 e. The molecule has 16 heavy (non-hydrogen) atoms. The minimum absolute atomic E-state index is 0.202. The molecule has 5 heteroatoms. The summed E-state index contributed by atoms with van der Waals surface area (Å²) in [4.78, 5) is 8.17. The van der Waals surface area contributed by atoms with Gasteiger partial charge in [-0.15, -0.1) is 11.6 Å². The number of nitrogens with zero attached hydrogens (tertiary/aromatic N) is 2. The summed E-state index contributed by atoms with van der Waals surface area (Å²) in [6.07, 6.45) is 5.00. The topological polar surface area (TPSA) is 37.8 Å². The lowest BCUT2D eigenvalue weighted by atomic mass is 10.2. The van der Waals surface area contributed by atoms with Crippen molar-refractivity contribution in [1.82, 2.24) is 9.97 Å². The number of hydrogen-bond acceptors (Lipinski definition) is 3. The van der Waals surface area contributed by atoms with E-state index in [1.165, 1.54) is 19.2 Å². The summed E-state index contributed by atoms with van der Waals surface area (Å²) in [5.41, 5.74) is 0.677. The van der Waals surface area contributed by atoms with Crippen molar-refractivity contribution in [1.29, 1.82) is 0 Å². The van der Waals surface area contributed by atoms with E-state index < -0.39 is 0 Å². The normalized spacial score (nSPS) is 12.5. The minimum atomic E-state index is -0.202. The highest BCUT2D eigenvalue weighted by Crippen LogP contribution is 2.29. The summed E-state index contributed by atoms with van der Waals surface area (Å²) in [5.74, 6) is 0.676. The van der Waals surface area contributed by atoms with Crippen LogP contribution in [0.3, 0.4) is 0 Å². The summed E-state index contributed by atoms with van der Waals surface area (Å²) < 4.78 is 0. The summed E-state index contributed by atoms with van der Waals surface area (Å²) >= 11 is 12.1. The molecule has 1 aromatic heterocycles. The molecule has 1 aromatic rings. The van der Waals surface area contributed by atoms with Gasteiger partial charge in [0.05, 0.1) is 11.1 Å². The smallest absolute Gasteiger partial charge is 0.148 e. The molecule has 0 aliphatic rings. The van der Waals surface area contributed by atoms with E-state index in [-0.39, 0.29) is 5.38 Å². The van der Waals surface area contributed by atoms with E-state index in [1.54, 1.807) is 0 Å². The van der Waals surface area contributed by atoms with Crippen molar-refractivity contribution in [2.24, 2.45) is 0 Å². The first-order valence-electron chi connectivity index (χ1n) is 5.55. The molecule has 0 spiro atoms. The maximum Gasteiger partial charge on any atom is 0.148 e. The molecule has 0 bridgehead atoms. The van der Waals surface area contributed by atoms with Gasteiger partial charge in [0.25, 0.3) is 0 Å². The largest absolute Gasteiger partial charge is 0.369 e. The van der Waals surface area contributed by atoms with Crippen LogP contribution in [0.5, 0.6) is 0 Å². The van der Waals surface area contributed by atoms with E-state index in [2.05, 4.69) is 22.2 Å². The lowest BCUT2D eigenvalue weighted by molar-refractivity contribution is 0.742. The number of nitrogens with one attached hydrogen (secondary N) is 1. The Kier molecular flexibility index (Phi) is 5.85. The van der Waals surface area contributed by atoms with Crippen LogP contribution in [0.15, 0.2) is 6.33 Å².